The van der Waals surface area contributed by atoms with Crippen molar-refractivity contribution in [3.8, 4) is 5.75 Å². The van der Waals surface area contributed by atoms with Crippen molar-refractivity contribution in [1.82, 2.24) is 5.32 Å². The SMILES string of the molecule is O=C(NCCCCCOc1ccc(NCCO)cc1)c1ccccc1. The molecule has 0 fully saturated rings. The van der Waals surface area contributed by atoms with Gasteiger partial charge in [-0.1, -0.05) is 18.2 Å². The number of carbonyl (C=O) groups excluding carboxylic acids is 1. The van der Waals surface area contributed by atoms with Gasteiger partial charge in [-0.05, 0) is 55.7 Å². The highest BCUT2D eigenvalue weighted by atomic mass is 16.5. The van der Waals surface area contributed by atoms with Gasteiger partial charge in [-0.3, -0.25) is 4.79 Å². The molecule has 134 valence electrons. The van der Waals surface area contributed by atoms with Gasteiger partial charge in [0, 0.05) is 24.3 Å². The van der Waals surface area contributed by atoms with Gasteiger partial charge in [0.05, 0.1) is 13.2 Å². The number of ether oxygens (including phenoxy) is 1. The van der Waals surface area contributed by atoms with Gasteiger partial charge in [0.1, 0.15) is 5.75 Å². The zero-order valence-corrected chi connectivity index (χ0v) is 14.4. The van der Waals surface area contributed by atoms with Gasteiger partial charge in [0.15, 0.2) is 0 Å². The van der Waals surface area contributed by atoms with Crippen molar-refractivity contribution >= 4 is 11.6 Å². The van der Waals surface area contributed by atoms with Crippen molar-refractivity contribution in [1.29, 1.82) is 0 Å². The molecule has 0 heterocycles. The van der Waals surface area contributed by atoms with Crippen LogP contribution >= 0.6 is 0 Å². The summed E-state index contributed by atoms with van der Waals surface area (Å²) in [5, 5.41) is 14.8. The van der Waals surface area contributed by atoms with Crippen molar-refractivity contribution in [3.05, 3.63) is 60.2 Å². The highest BCUT2D eigenvalue weighted by Gasteiger charge is 2.02. The molecule has 1 amide bonds. The van der Waals surface area contributed by atoms with Crippen LogP contribution in [0.15, 0.2) is 54.6 Å². The van der Waals surface area contributed by atoms with Crippen LogP contribution in [-0.4, -0.2) is 37.3 Å². The van der Waals surface area contributed by atoms with E-state index in [1.54, 1.807) is 0 Å². The molecule has 5 heteroatoms. The summed E-state index contributed by atoms with van der Waals surface area (Å²) >= 11 is 0. The molecule has 0 saturated heterocycles. The third-order valence-corrected chi connectivity index (χ3v) is 3.71. The van der Waals surface area contributed by atoms with Crippen LogP contribution in [0, 0.1) is 0 Å². The molecule has 0 aliphatic heterocycles. The van der Waals surface area contributed by atoms with Crippen LogP contribution in [0.3, 0.4) is 0 Å². The molecule has 3 N–H and O–H groups in total. The third kappa shape index (κ3) is 7.27. The monoisotopic (exact) mass is 342 g/mol. The molecule has 0 atom stereocenters. The normalized spacial score (nSPS) is 10.3. The number of benzene rings is 2. The van der Waals surface area contributed by atoms with E-state index in [0.29, 0.717) is 25.3 Å². The summed E-state index contributed by atoms with van der Waals surface area (Å²) in [6, 6.07) is 17.0. The zero-order valence-electron chi connectivity index (χ0n) is 14.4. The first-order valence-corrected chi connectivity index (χ1v) is 8.70. The van der Waals surface area contributed by atoms with E-state index in [4.69, 9.17) is 9.84 Å². The van der Waals surface area contributed by atoms with Crippen LogP contribution in [0.2, 0.25) is 0 Å². The van der Waals surface area contributed by atoms with Crippen LogP contribution in [0.5, 0.6) is 5.75 Å². The van der Waals surface area contributed by atoms with Crippen molar-refractivity contribution < 1.29 is 14.6 Å². The highest BCUT2D eigenvalue weighted by Crippen LogP contribution is 2.15. The van der Waals surface area contributed by atoms with E-state index >= 15 is 0 Å². The molecule has 5 nitrogen and oxygen atoms in total. The summed E-state index contributed by atoms with van der Waals surface area (Å²) < 4.78 is 5.70. The zero-order chi connectivity index (χ0) is 17.7. The molecule has 2 aromatic carbocycles. The Morgan fingerprint density at radius 2 is 1.68 bits per heavy atom. The second-order valence-corrected chi connectivity index (χ2v) is 5.71. The number of anilines is 1. The maximum absolute atomic E-state index is 11.9. The van der Waals surface area contributed by atoms with Gasteiger partial charge in [0.25, 0.3) is 5.91 Å². The predicted molar refractivity (Wildman–Crippen MR) is 100 cm³/mol. The minimum atomic E-state index is -0.0215. The topological polar surface area (TPSA) is 70.6 Å². The van der Waals surface area contributed by atoms with Crippen LogP contribution in [-0.2, 0) is 0 Å². The lowest BCUT2D eigenvalue weighted by molar-refractivity contribution is 0.0953. The Labute approximate surface area is 149 Å². The van der Waals surface area contributed by atoms with Gasteiger partial charge in [-0.15, -0.1) is 0 Å². The minimum Gasteiger partial charge on any atom is -0.494 e. The van der Waals surface area contributed by atoms with Gasteiger partial charge < -0.3 is 20.5 Å². The summed E-state index contributed by atoms with van der Waals surface area (Å²) in [5.41, 5.74) is 1.67. The molecule has 0 radical (unpaired) electrons. The lowest BCUT2D eigenvalue weighted by Crippen LogP contribution is -2.24. The van der Waals surface area contributed by atoms with Crippen molar-refractivity contribution in [2.24, 2.45) is 0 Å². The van der Waals surface area contributed by atoms with Crippen LogP contribution in [0.4, 0.5) is 5.69 Å². The lowest BCUT2D eigenvalue weighted by Gasteiger charge is -2.08. The summed E-state index contributed by atoms with van der Waals surface area (Å²) in [5.74, 6) is 0.818. The van der Waals surface area contributed by atoms with Crippen molar-refractivity contribution in [2.45, 2.75) is 19.3 Å². The molecule has 0 unspecified atom stereocenters. The van der Waals surface area contributed by atoms with E-state index in [1.807, 2.05) is 54.6 Å². The number of rotatable bonds is 11. The van der Waals surface area contributed by atoms with E-state index in [1.165, 1.54) is 0 Å². The van der Waals surface area contributed by atoms with Gasteiger partial charge in [0.2, 0.25) is 0 Å². The van der Waals surface area contributed by atoms with Crippen LogP contribution in [0.1, 0.15) is 29.6 Å². The number of carbonyl (C=O) groups is 1. The van der Waals surface area contributed by atoms with E-state index < -0.39 is 0 Å². The smallest absolute Gasteiger partial charge is 0.251 e. The maximum Gasteiger partial charge on any atom is 0.251 e. The Balaban J connectivity index is 1.52. The molecular formula is C20H26N2O3. The number of hydrogen-bond donors (Lipinski definition) is 3. The lowest BCUT2D eigenvalue weighted by atomic mass is 10.2. The number of amides is 1. The number of unbranched alkanes of at least 4 members (excludes halogenated alkanes) is 2. The summed E-state index contributed by atoms with van der Waals surface area (Å²) in [4.78, 5) is 11.9. The maximum atomic E-state index is 11.9. The minimum absolute atomic E-state index is 0.0215. The number of nitrogens with one attached hydrogen (secondary N) is 2. The fourth-order valence-corrected chi connectivity index (χ4v) is 2.36. The number of aliphatic hydroxyl groups excluding tert-OH is 1. The second-order valence-electron chi connectivity index (χ2n) is 5.71. The van der Waals surface area contributed by atoms with E-state index in [2.05, 4.69) is 10.6 Å². The molecule has 0 bridgehead atoms. The molecule has 0 aliphatic carbocycles. The molecule has 0 saturated carbocycles. The molecule has 0 spiro atoms. The Morgan fingerprint density at radius 1 is 0.920 bits per heavy atom. The van der Waals surface area contributed by atoms with E-state index in [-0.39, 0.29) is 12.5 Å². The van der Waals surface area contributed by atoms with Gasteiger partial charge in [-0.25, -0.2) is 0 Å². The fraction of sp³-hybridized carbons (Fsp3) is 0.350. The molecule has 25 heavy (non-hydrogen) atoms. The van der Waals surface area contributed by atoms with E-state index in [9.17, 15) is 4.79 Å². The molecule has 0 aromatic heterocycles. The first-order chi connectivity index (χ1) is 12.3. The third-order valence-electron chi connectivity index (χ3n) is 3.71. The standard InChI is InChI=1S/C20H26N2O3/c23-15-14-21-18-9-11-19(12-10-18)25-16-6-2-5-13-22-20(24)17-7-3-1-4-8-17/h1,3-4,7-12,21,23H,2,5-6,13-16H2,(H,22,24). The van der Waals surface area contributed by atoms with Crippen LogP contribution < -0.4 is 15.4 Å². The Kier molecular flexibility index (Phi) is 8.35. The quantitative estimate of drug-likeness (QED) is 0.549. The van der Waals surface area contributed by atoms with E-state index in [0.717, 1.165) is 30.7 Å². The average Bonchev–Trinajstić information content (AvgIpc) is 2.67. The summed E-state index contributed by atoms with van der Waals surface area (Å²) in [6.07, 6.45) is 2.89. The van der Waals surface area contributed by atoms with Gasteiger partial charge in [-0.2, -0.15) is 0 Å². The number of hydrogen-bond acceptors (Lipinski definition) is 4. The summed E-state index contributed by atoms with van der Waals surface area (Å²) in [6.45, 7) is 2.00. The first kappa shape index (κ1) is 18.8. The van der Waals surface area contributed by atoms with Crippen LogP contribution in [0.25, 0.3) is 0 Å². The van der Waals surface area contributed by atoms with Crippen molar-refractivity contribution in [2.75, 3.05) is 31.6 Å². The van der Waals surface area contributed by atoms with Crippen molar-refractivity contribution in [3.63, 3.8) is 0 Å². The molecule has 0 aliphatic rings. The highest BCUT2D eigenvalue weighted by molar-refractivity contribution is 5.94. The molecular weight excluding hydrogens is 316 g/mol. The average molecular weight is 342 g/mol. The second kappa shape index (κ2) is 11.1. The van der Waals surface area contributed by atoms with Gasteiger partial charge >= 0.3 is 0 Å². The summed E-state index contributed by atoms with van der Waals surface area (Å²) in [7, 11) is 0. The first-order valence-electron chi connectivity index (χ1n) is 8.70. The Hall–Kier alpha value is -2.53. The number of aliphatic hydroxyl groups is 1. The Morgan fingerprint density at radius 3 is 2.40 bits per heavy atom. The fourth-order valence-electron chi connectivity index (χ4n) is 2.36. The molecule has 2 aromatic rings. The Bertz CT molecular complexity index is 615. The molecule has 2 rings (SSSR count). The largest absolute Gasteiger partial charge is 0.494 e. The predicted octanol–water partition coefficient (Wildman–Crippen LogP) is 3.07.